The molecule has 4 N–H and O–H groups in total. The molecule has 84 valence electrons. The van der Waals surface area contributed by atoms with E-state index in [2.05, 4.69) is 0 Å². The van der Waals surface area contributed by atoms with Crippen LogP contribution >= 0.6 is 11.8 Å². The summed E-state index contributed by atoms with van der Waals surface area (Å²) in [5.41, 5.74) is 5.30. The Hall–Kier alpha value is -0.260. The van der Waals surface area contributed by atoms with Crippen LogP contribution in [0.3, 0.4) is 0 Å². The van der Waals surface area contributed by atoms with Crippen molar-refractivity contribution in [1.29, 1.82) is 0 Å². The third-order valence-electron chi connectivity index (χ3n) is 1.67. The first-order valence-electron chi connectivity index (χ1n) is 4.67. The summed E-state index contributed by atoms with van der Waals surface area (Å²) < 4.78 is 0. The molecule has 0 rings (SSSR count). The molecule has 0 aromatic heterocycles. The molecular weight excluding hydrogens is 202 g/mol. The summed E-state index contributed by atoms with van der Waals surface area (Å²) in [7, 11) is 0. The highest BCUT2D eigenvalue weighted by Crippen LogP contribution is 2.11. The maximum Gasteiger partial charge on any atom is 0.321 e. The molecule has 1 unspecified atom stereocenters. The molecule has 0 aromatic carbocycles. The van der Waals surface area contributed by atoms with Gasteiger partial charge in [0.15, 0.2) is 0 Å². The van der Waals surface area contributed by atoms with Gasteiger partial charge in [0.2, 0.25) is 0 Å². The Labute approximate surface area is 88.9 Å². The topological polar surface area (TPSA) is 83.5 Å². The normalized spacial score (nSPS) is 15.5. The van der Waals surface area contributed by atoms with Crippen LogP contribution in [0, 0.1) is 5.92 Å². The van der Waals surface area contributed by atoms with E-state index in [1.54, 1.807) is 0 Å². The van der Waals surface area contributed by atoms with E-state index in [-0.39, 0.29) is 6.10 Å². The van der Waals surface area contributed by atoms with E-state index in [1.165, 1.54) is 11.8 Å². The average molecular weight is 221 g/mol. The van der Waals surface area contributed by atoms with Gasteiger partial charge >= 0.3 is 5.97 Å². The molecule has 2 atom stereocenters. The van der Waals surface area contributed by atoms with Gasteiger partial charge in [0.05, 0.1) is 6.10 Å². The van der Waals surface area contributed by atoms with Gasteiger partial charge in [-0.15, -0.1) is 0 Å². The second-order valence-corrected chi connectivity index (χ2v) is 4.84. The standard InChI is InChI=1S/C9H19NO3S/c1-6(2)3-7(11)4-14-5-8(10)9(12)13/h6-8,11H,3-5,10H2,1-2H3,(H,12,13)/t7?,8-/m0/s1. The Balaban J connectivity index is 3.48. The zero-order chi connectivity index (χ0) is 11.1. The third kappa shape index (κ3) is 7.17. The lowest BCUT2D eigenvalue weighted by Gasteiger charge is -2.13. The van der Waals surface area contributed by atoms with Crippen molar-refractivity contribution in [3.63, 3.8) is 0 Å². The van der Waals surface area contributed by atoms with Gasteiger partial charge in [0, 0.05) is 11.5 Å². The van der Waals surface area contributed by atoms with Gasteiger partial charge in [-0.05, 0) is 12.3 Å². The number of nitrogens with two attached hydrogens (primary N) is 1. The first kappa shape index (κ1) is 13.7. The second kappa shape index (κ2) is 7.09. The van der Waals surface area contributed by atoms with Crippen molar-refractivity contribution in [3.05, 3.63) is 0 Å². The number of aliphatic carboxylic acids is 1. The van der Waals surface area contributed by atoms with Gasteiger partial charge in [0.25, 0.3) is 0 Å². The van der Waals surface area contributed by atoms with Crippen molar-refractivity contribution < 1.29 is 15.0 Å². The fourth-order valence-corrected chi connectivity index (χ4v) is 1.96. The number of carboxylic acids is 1. The van der Waals surface area contributed by atoms with Gasteiger partial charge in [-0.2, -0.15) is 11.8 Å². The molecule has 0 aliphatic heterocycles. The highest BCUT2D eigenvalue weighted by Gasteiger charge is 2.13. The third-order valence-corrected chi connectivity index (χ3v) is 2.88. The Morgan fingerprint density at radius 1 is 1.43 bits per heavy atom. The van der Waals surface area contributed by atoms with Crippen LogP contribution in [-0.4, -0.2) is 39.8 Å². The minimum Gasteiger partial charge on any atom is -0.480 e. The monoisotopic (exact) mass is 221 g/mol. The Kier molecular flexibility index (Phi) is 6.96. The van der Waals surface area contributed by atoms with Crippen LogP contribution < -0.4 is 5.73 Å². The number of hydrogen-bond acceptors (Lipinski definition) is 4. The summed E-state index contributed by atoms with van der Waals surface area (Å²) in [6.07, 6.45) is 0.385. The smallest absolute Gasteiger partial charge is 0.321 e. The van der Waals surface area contributed by atoms with E-state index >= 15 is 0 Å². The molecule has 5 heteroatoms. The SMILES string of the molecule is CC(C)CC(O)CSC[C@H](N)C(=O)O. The molecule has 14 heavy (non-hydrogen) atoms. The molecule has 0 fully saturated rings. The fraction of sp³-hybridized carbons (Fsp3) is 0.889. The number of carbonyl (C=O) groups is 1. The van der Waals surface area contributed by atoms with Crippen LogP contribution in [-0.2, 0) is 4.79 Å². The lowest BCUT2D eigenvalue weighted by molar-refractivity contribution is -0.137. The number of carboxylic acid groups (broad SMARTS) is 1. The van der Waals surface area contributed by atoms with Crippen molar-refractivity contribution in [3.8, 4) is 0 Å². The summed E-state index contributed by atoms with van der Waals surface area (Å²) in [6, 6.07) is -0.828. The van der Waals surface area contributed by atoms with Crippen LogP contribution in [0.25, 0.3) is 0 Å². The van der Waals surface area contributed by atoms with Gasteiger partial charge in [-0.25, -0.2) is 0 Å². The molecule has 0 aliphatic rings. The maximum absolute atomic E-state index is 10.4. The molecule has 0 aromatic rings. The molecule has 0 spiro atoms. The second-order valence-electron chi connectivity index (χ2n) is 3.77. The molecule has 0 radical (unpaired) electrons. The van der Waals surface area contributed by atoms with Crippen LogP contribution in [0.15, 0.2) is 0 Å². The Bertz CT molecular complexity index is 175. The Morgan fingerprint density at radius 3 is 2.43 bits per heavy atom. The summed E-state index contributed by atoms with van der Waals surface area (Å²) in [5, 5.41) is 18.0. The molecule has 4 nitrogen and oxygen atoms in total. The number of rotatable bonds is 7. The molecule has 0 saturated carbocycles. The van der Waals surface area contributed by atoms with Gasteiger partial charge in [0.1, 0.15) is 6.04 Å². The van der Waals surface area contributed by atoms with Gasteiger partial charge in [-0.1, -0.05) is 13.8 Å². The predicted molar refractivity (Wildman–Crippen MR) is 58.4 cm³/mol. The largest absolute Gasteiger partial charge is 0.480 e. The van der Waals surface area contributed by atoms with E-state index in [0.29, 0.717) is 17.4 Å². The molecule has 0 aliphatic carbocycles. The average Bonchev–Trinajstić information content (AvgIpc) is 2.02. The lowest BCUT2D eigenvalue weighted by atomic mass is 10.1. The summed E-state index contributed by atoms with van der Waals surface area (Å²) in [5.74, 6) is 0.374. The lowest BCUT2D eigenvalue weighted by Crippen LogP contribution is -2.33. The van der Waals surface area contributed by atoms with E-state index < -0.39 is 12.0 Å². The predicted octanol–water partition coefficient (Wildman–Crippen LogP) is 0.538. The van der Waals surface area contributed by atoms with Crippen molar-refractivity contribution in [2.45, 2.75) is 32.4 Å². The molecular formula is C9H19NO3S. The quantitative estimate of drug-likeness (QED) is 0.584. The number of thioether (sulfide) groups is 1. The first-order valence-corrected chi connectivity index (χ1v) is 5.83. The number of hydrogen-bond donors (Lipinski definition) is 3. The van der Waals surface area contributed by atoms with Crippen molar-refractivity contribution >= 4 is 17.7 Å². The van der Waals surface area contributed by atoms with Crippen LogP contribution in [0.5, 0.6) is 0 Å². The Morgan fingerprint density at radius 2 is 2.00 bits per heavy atom. The summed E-state index contributed by atoms with van der Waals surface area (Å²) in [6.45, 7) is 4.08. The van der Waals surface area contributed by atoms with Crippen molar-refractivity contribution in [2.75, 3.05) is 11.5 Å². The van der Waals surface area contributed by atoms with E-state index in [9.17, 15) is 9.90 Å². The van der Waals surface area contributed by atoms with E-state index in [1.807, 2.05) is 13.8 Å². The maximum atomic E-state index is 10.4. The van der Waals surface area contributed by atoms with Crippen molar-refractivity contribution in [2.24, 2.45) is 11.7 Å². The van der Waals surface area contributed by atoms with Gasteiger partial charge in [-0.3, -0.25) is 4.79 Å². The minimum absolute atomic E-state index is 0.352. The molecule has 0 amide bonds. The summed E-state index contributed by atoms with van der Waals surface area (Å²) in [4.78, 5) is 10.4. The first-order chi connectivity index (χ1) is 6.43. The van der Waals surface area contributed by atoms with E-state index in [4.69, 9.17) is 10.8 Å². The number of aliphatic hydroxyl groups is 1. The van der Waals surface area contributed by atoms with Gasteiger partial charge < -0.3 is 15.9 Å². The number of aliphatic hydroxyl groups excluding tert-OH is 1. The highest BCUT2D eigenvalue weighted by atomic mass is 32.2. The highest BCUT2D eigenvalue weighted by molar-refractivity contribution is 7.99. The van der Waals surface area contributed by atoms with E-state index in [0.717, 1.165) is 6.42 Å². The van der Waals surface area contributed by atoms with Crippen LogP contribution in [0.4, 0.5) is 0 Å². The molecule has 0 bridgehead atoms. The summed E-state index contributed by atoms with van der Waals surface area (Å²) >= 11 is 1.38. The minimum atomic E-state index is -0.990. The van der Waals surface area contributed by atoms with Crippen LogP contribution in [0.1, 0.15) is 20.3 Å². The zero-order valence-corrected chi connectivity index (χ0v) is 9.46. The fourth-order valence-electron chi connectivity index (χ4n) is 1.01. The zero-order valence-electron chi connectivity index (χ0n) is 8.64. The molecule has 0 heterocycles. The van der Waals surface area contributed by atoms with Crippen LogP contribution in [0.2, 0.25) is 0 Å². The van der Waals surface area contributed by atoms with Crippen molar-refractivity contribution in [1.82, 2.24) is 0 Å². The molecule has 0 saturated heterocycles.